The highest BCUT2D eigenvalue weighted by molar-refractivity contribution is 7.90. The number of aldehydes is 1. The van der Waals surface area contributed by atoms with E-state index in [0.717, 1.165) is 0 Å². The Bertz CT molecular complexity index is 259. The van der Waals surface area contributed by atoms with Crippen LogP contribution < -0.4 is 4.72 Å². The van der Waals surface area contributed by atoms with Crippen molar-refractivity contribution in [2.45, 2.75) is 18.3 Å². The topological polar surface area (TPSA) is 63.2 Å². The predicted molar refractivity (Wildman–Crippen MR) is 38.3 cm³/mol. The second-order valence-corrected chi connectivity index (χ2v) is 3.91. The van der Waals surface area contributed by atoms with Crippen molar-refractivity contribution in [1.82, 2.24) is 4.72 Å². The fourth-order valence-electron chi connectivity index (χ4n) is 0.474. The highest BCUT2D eigenvalue weighted by Gasteiger charge is 2.45. The molecule has 0 unspecified atom stereocenters. The van der Waals surface area contributed by atoms with Crippen molar-refractivity contribution in [2.75, 3.05) is 6.54 Å². The number of carbonyl (C=O) groups excluding carboxylic acids is 1. The summed E-state index contributed by atoms with van der Waals surface area (Å²) in [5.41, 5.74) is -5.28. The largest absolute Gasteiger partial charge is 0.511 e. The van der Waals surface area contributed by atoms with Gasteiger partial charge in [0.15, 0.2) is 0 Å². The first-order valence-electron chi connectivity index (χ1n) is 3.31. The van der Waals surface area contributed by atoms with Crippen LogP contribution in [0.1, 0.15) is 12.8 Å². The van der Waals surface area contributed by atoms with E-state index in [1.54, 1.807) is 0 Å². The number of rotatable bonds is 5. The number of carbonyl (C=O) groups is 1. The molecule has 0 saturated carbocycles. The summed E-state index contributed by atoms with van der Waals surface area (Å²) in [4.78, 5) is 9.73. The van der Waals surface area contributed by atoms with Gasteiger partial charge >= 0.3 is 15.5 Å². The monoisotopic (exact) mass is 219 g/mol. The van der Waals surface area contributed by atoms with Gasteiger partial charge in [-0.2, -0.15) is 13.2 Å². The van der Waals surface area contributed by atoms with Gasteiger partial charge in [-0.3, -0.25) is 0 Å². The van der Waals surface area contributed by atoms with Gasteiger partial charge in [-0.15, -0.1) is 0 Å². The van der Waals surface area contributed by atoms with Crippen molar-refractivity contribution in [3.63, 3.8) is 0 Å². The van der Waals surface area contributed by atoms with Crippen LogP contribution >= 0.6 is 0 Å². The molecule has 0 radical (unpaired) electrons. The average Bonchev–Trinajstić information content (AvgIpc) is 1.96. The van der Waals surface area contributed by atoms with Gasteiger partial charge in [0.1, 0.15) is 6.29 Å². The zero-order valence-electron chi connectivity index (χ0n) is 6.47. The fourth-order valence-corrected chi connectivity index (χ4v) is 1.05. The molecule has 0 bridgehead atoms. The van der Waals surface area contributed by atoms with Gasteiger partial charge in [-0.1, -0.05) is 0 Å². The van der Waals surface area contributed by atoms with Gasteiger partial charge in [-0.25, -0.2) is 13.1 Å². The smallest absolute Gasteiger partial charge is 0.303 e. The molecule has 8 heteroatoms. The van der Waals surface area contributed by atoms with E-state index >= 15 is 0 Å². The molecule has 0 amide bonds. The third-order valence-electron chi connectivity index (χ3n) is 1.10. The lowest BCUT2D eigenvalue weighted by molar-refractivity contribution is -0.107. The number of sulfonamides is 1. The molecule has 0 aromatic heterocycles. The van der Waals surface area contributed by atoms with Gasteiger partial charge in [-0.05, 0) is 6.42 Å². The quantitative estimate of drug-likeness (QED) is 0.538. The van der Waals surface area contributed by atoms with Gasteiger partial charge in [0.2, 0.25) is 0 Å². The van der Waals surface area contributed by atoms with Gasteiger partial charge in [0.05, 0.1) is 0 Å². The Morgan fingerprint density at radius 1 is 1.31 bits per heavy atom. The molecule has 13 heavy (non-hydrogen) atoms. The van der Waals surface area contributed by atoms with Crippen molar-refractivity contribution >= 4 is 16.3 Å². The zero-order valence-corrected chi connectivity index (χ0v) is 7.28. The molecule has 0 aromatic carbocycles. The lowest BCUT2D eigenvalue weighted by Gasteiger charge is -2.07. The third-order valence-corrected chi connectivity index (χ3v) is 2.29. The molecule has 0 fully saturated rings. The first-order valence-corrected chi connectivity index (χ1v) is 4.79. The van der Waals surface area contributed by atoms with Crippen molar-refractivity contribution in [2.24, 2.45) is 0 Å². The SMILES string of the molecule is O=CCCCNS(=O)(=O)C(F)(F)F. The molecule has 0 aliphatic heterocycles. The first-order chi connectivity index (χ1) is 5.81. The van der Waals surface area contributed by atoms with Crippen molar-refractivity contribution in [3.05, 3.63) is 0 Å². The molecular weight excluding hydrogens is 211 g/mol. The van der Waals surface area contributed by atoms with Crippen LogP contribution in [0.5, 0.6) is 0 Å². The minimum atomic E-state index is -5.28. The number of alkyl halides is 3. The van der Waals surface area contributed by atoms with Crippen LogP contribution in [0.4, 0.5) is 13.2 Å². The highest BCUT2D eigenvalue weighted by Crippen LogP contribution is 2.21. The summed E-state index contributed by atoms with van der Waals surface area (Å²) >= 11 is 0. The molecule has 0 atom stereocenters. The summed E-state index contributed by atoms with van der Waals surface area (Å²) in [5.74, 6) is 0. The van der Waals surface area contributed by atoms with E-state index in [1.165, 1.54) is 4.72 Å². The minimum absolute atomic E-state index is 0.0282. The molecule has 0 aliphatic carbocycles. The molecule has 0 aliphatic rings. The van der Waals surface area contributed by atoms with Crippen LogP contribution in [0.2, 0.25) is 0 Å². The molecular formula is C5H8F3NO3S. The van der Waals surface area contributed by atoms with E-state index in [-0.39, 0.29) is 19.4 Å². The Kier molecular flexibility index (Phi) is 4.34. The van der Waals surface area contributed by atoms with Crippen molar-refractivity contribution in [1.29, 1.82) is 0 Å². The number of halogens is 3. The van der Waals surface area contributed by atoms with Crippen LogP contribution in [0.15, 0.2) is 0 Å². The number of hydrogen-bond acceptors (Lipinski definition) is 3. The van der Waals surface area contributed by atoms with Gasteiger partial charge < -0.3 is 4.79 Å². The van der Waals surface area contributed by atoms with E-state index in [1.807, 2.05) is 0 Å². The Labute approximate surface area is 73.2 Å². The average molecular weight is 219 g/mol. The van der Waals surface area contributed by atoms with Crippen molar-refractivity contribution in [3.8, 4) is 0 Å². The van der Waals surface area contributed by atoms with E-state index in [0.29, 0.717) is 6.29 Å². The Morgan fingerprint density at radius 3 is 2.23 bits per heavy atom. The first kappa shape index (κ1) is 12.4. The molecule has 4 nitrogen and oxygen atoms in total. The molecule has 1 N–H and O–H groups in total. The normalized spacial score (nSPS) is 12.8. The van der Waals surface area contributed by atoms with E-state index < -0.39 is 15.5 Å². The minimum Gasteiger partial charge on any atom is -0.303 e. The molecule has 0 rings (SSSR count). The summed E-state index contributed by atoms with van der Waals surface area (Å²) in [6.45, 7) is -0.388. The van der Waals surface area contributed by atoms with E-state index in [4.69, 9.17) is 0 Å². The van der Waals surface area contributed by atoms with Gasteiger partial charge in [0.25, 0.3) is 0 Å². The summed E-state index contributed by atoms with van der Waals surface area (Å²) in [6, 6.07) is 0. The third kappa shape index (κ3) is 4.23. The molecule has 78 valence electrons. The Balaban J connectivity index is 3.99. The lowest BCUT2D eigenvalue weighted by atomic mass is 10.3. The number of hydrogen-bond donors (Lipinski definition) is 1. The maximum absolute atomic E-state index is 11.6. The second kappa shape index (κ2) is 4.56. The summed E-state index contributed by atoms with van der Waals surface area (Å²) in [5, 5.41) is 0. The van der Waals surface area contributed by atoms with E-state index in [9.17, 15) is 26.4 Å². The second-order valence-electron chi connectivity index (χ2n) is 2.15. The lowest BCUT2D eigenvalue weighted by Crippen LogP contribution is -2.36. The number of unbranched alkanes of at least 4 members (excludes halogenated alkanes) is 1. The van der Waals surface area contributed by atoms with Crippen LogP contribution in [0.25, 0.3) is 0 Å². The summed E-state index contributed by atoms with van der Waals surface area (Å²) in [7, 11) is -5.24. The summed E-state index contributed by atoms with van der Waals surface area (Å²) < 4.78 is 56.8. The van der Waals surface area contributed by atoms with Crippen LogP contribution in [-0.2, 0) is 14.8 Å². The fraction of sp³-hybridized carbons (Fsp3) is 0.800. The van der Waals surface area contributed by atoms with Crippen LogP contribution in [0, 0.1) is 0 Å². The molecule has 0 heterocycles. The van der Waals surface area contributed by atoms with E-state index in [2.05, 4.69) is 0 Å². The standard InChI is InChI=1S/C5H8F3NO3S/c6-5(7,8)13(11,12)9-3-1-2-4-10/h4,9H,1-3H2. The Morgan fingerprint density at radius 2 is 1.85 bits per heavy atom. The van der Waals surface area contributed by atoms with Gasteiger partial charge in [0, 0.05) is 13.0 Å². The maximum Gasteiger partial charge on any atom is 0.511 e. The molecule has 0 saturated heterocycles. The van der Waals surface area contributed by atoms with Crippen LogP contribution in [0.3, 0.4) is 0 Å². The van der Waals surface area contributed by atoms with Crippen molar-refractivity contribution < 1.29 is 26.4 Å². The van der Waals surface area contributed by atoms with Crippen LogP contribution in [-0.4, -0.2) is 26.8 Å². The summed E-state index contributed by atoms with van der Waals surface area (Å²) in [6.07, 6.45) is 0.584. The highest BCUT2D eigenvalue weighted by atomic mass is 32.2. The Hall–Kier alpha value is -0.630. The number of nitrogens with one attached hydrogen (secondary N) is 1. The zero-order chi connectivity index (χ0) is 10.5. The molecule has 0 spiro atoms. The molecule has 0 aromatic rings. The maximum atomic E-state index is 11.6. The predicted octanol–water partition coefficient (Wildman–Crippen LogP) is 0.405.